The van der Waals surface area contributed by atoms with Crippen molar-refractivity contribution in [3.8, 4) is 22.4 Å². The minimum absolute atomic E-state index is 0.236. The van der Waals surface area contributed by atoms with Crippen LogP contribution in [0.4, 0.5) is 0 Å². The first kappa shape index (κ1) is 24.4. The zero-order valence-corrected chi connectivity index (χ0v) is 23.0. The summed E-state index contributed by atoms with van der Waals surface area (Å²) in [4.78, 5) is 9.62. The maximum absolute atomic E-state index is 6.62. The fraction of sp³-hybridized carbons (Fsp3) is 0.294. The van der Waals surface area contributed by atoms with Crippen LogP contribution in [0.1, 0.15) is 70.1 Å². The number of para-hydroxylation sites is 2. The summed E-state index contributed by atoms with van der Waals surface area (Å²) in [6, 6.07) is 23.5. The van der Waals surface area contributed by atoms with Gasteiger partial charge in [-0.25, -0.2) is 4.99 Å². The Kier molecular flexibility index (Phi) is 5.86. The number of hydrogen-bond acceptors (Lipinski definition) is 4. The molecule has 0 unspecified atom stereocenters. The molecule has 0 aliphatic carbocycles. The van der Waals surface area contributed by atoms with Gasteiger partial charge in [-0.1, -0.05) is 70.2 Å². The van der Waals surface area contributed by atoms with Gasteiger partial charge in [-0.3, -0.25) is 4.98 Å². The lowest BCUT2D eigenvalue weighted by atomic mass is 9.85. The van der Waals surface area contributed by atoms with Gasteiger partial charge in [-0.15, -0.1) is 0 Å². The summed E-state index contributed by atoms with van der Waals surface area (Å²) < 4.78 is 12.6. The quantitative estimate of drug-likeness (QED) is 0.241. The Morgan fingerprint density at radius 3 is 1.97 bits per heavy atom. The molecule has 0 radical (unpaired) electrons. The third-order valence-electron chi connectivity index (χ3n) is 7.42. The van der Waals surface area contributed by atoms with Crippen molar-refractivity contribution < 1.29 is 9.15 Å². The van der Waals surface area contributed by atoms with Gasteiger partial charge in [0, 0.05) is 22.5 Å². The zero-order valence-electron chi connectivity index (χ0n) is 23.0. The lowest BCUT2D eigenvalue weighted by Gasteiger charge is -2.20. The molecule has 1 aliphatic heterocycles. The van der Waals surface area contributed by atoms with Gasteiger partial charge in [-0.05, 0) is 72.2 Å². The fourth-order valence-electron chi connectivity index (χ4n) is 5.53. The smallest absolute Gasteiger partial charge is 0.220 e. The van der Waals surface area contributed by atoms with E-state index in [9.17, 15) is 0 Å². The van der Waals surface area contributed by atoms with Gasteiger partial charge in [0.1, 0.15) is 17.8 Å². The second-order valence-electron chi connectivity index (χ2n) is 11.5. The van der Waals surface area contributed by atoms with Gasteiger partial charge < -0.3 is 9.15 Å². The lowest BCUT2D eigenvalue weighted by molar-refractivity contribution is 0.279. The number of nitrogens with zero attached hydrogens (tertiary/aromatic N) is 2. The molecule has 0 spiro atoms. The van der Waals surface area contributed by atoms with Crippen LogP contribution in [0.25, 0.3) is 44.3 Å². The second kappa shape index (κ2) is 9.13. The Balaban J connectivity index is 1.54. The Morgan fingerprint density at radius 2 is 1.37 bits per heavy atom. The van der Waals surface area contributed by atoms with Crippen molar-refractivity contribution in [3.05, 3.63) is 89.6 Å². The number of hydrogen-bond donors (Lipinski definition) is 0. The molecule has 192 valence electrons. The summed E-state index contributed by atoms with van der Waals surface area (Å²) in [6.45, 7) is 13.8. The highest BCUT2D eigenvalue weighted by molar-refractivity contribution is 6.15. The van der Waals surface area contributed by atoms with E-state index in [1.165, 1.54) is 22.3 Å². The fourth-order valence-corrected chi connectivity index (χ4v) is 5.53. The van der Waals surface area contributed by atoms with E-state index in [1.807, 2.05) is 18.3 Å². The van der Waals surface area contributed by atoms with Crippen LogP contribution in [0.2, 0.25) is 0 Å². The van der Waals surface area contributed by atoms with Crippen molar-refractivity contribution in [1.82, 2.24) is 4.98 Å². The van der Waals surface area contributed by atoms with Gasteiger partial charge in [0.05, 0.1) is 16.8 Å². The Bertz CT molecular complexity index is 1680. The number of benzene rings is 3. The average molecular weight is 503 g/mol. The first-order valence-electron chi connectivity index (χ1n) is 13.5. The van der Waals surface area contributed by atoms with E-state index in [1.54, 1.807) is 0 Å². The first-order chi connectivity index (χ1) is 18.2. The van der Waals surface area contributed by atoms with E-state index in [2.05, 4.69) is 96.1 Å². The molecule has 0 fully saturated rings. The molecule has 0 saturated heterocycles. The summed E-state index contributed by atoms with van der Waals surface area (Å²) in [6.07, 6.45) is 1.92. The standard InChI is InChI=1S/C34H34N2O2/c1-20(2)23-10-7-11-24(21(3)4)30(23)22-16-17-35-29(18-22)27-14-8-12-25-26-13-9-15-28(32(26)38-31(25)27)33-36-34(5,6)19-37-33/h7-18,20-21H,19H2,1-6H3. The van der Waals surface area contributed by atoms with Crippen molar-refractivity contribution in [2.45, 2.75) is 58.9 Å². The maximum Gasteiger partial charge on any atom is 0.220 e. The molecule has 3 heterocycles. The van der Waals surface area contributed by atoms with Crippen LogP contribution in [0.15, 0.2) is 82.3 Å². The van der Waals surface area contributed by atoms with Crippen molar-refractivity contribution in [2.75, 3.05) is 6.61 Å². The SMILES string of the molecule is CC(C)c1cccc(C(C)C)c1-c1ccnc(-c2cccc3c2oc2c(C4=NC(C)(C)CO4)cccc23)c1. The molecule has 2 aromatic heterocycles. The molecule has 0 bridgehead atoms. The molecule has 5 aromatic rings. The summed E-state index contributed by atoms with van der Waals surface area (Å²) in [5.41, 5.74) is 9.40. The number of furan rings is 1. The normalized spacial score (nSPS) is 15.0. The molecular formula is C34H34N2O2. The summed E-state index contributed by atoms with van der Waals surface area (Å²) in [5.74, 6) is 1.49. The minimum atomic E-state index is -0.236. The largest absolute Gasteiger partial charge is 0.475 e. The zero-order chi connectivity index (χ0) is 26.6. The predicted molar refractivity (Wildman–Crippen MR) is 157 cm³/mol. The van der Waals surface area contributed by atoms with Gasteiger partial charge in [0.15, 0.2) is 0 Å². The third kappa shape index (κ3) is 4.09. The summed E-state index contributed by atoms with van der Waals surface area (Å²) in [7, 11) is 0. The number of aromatic nitrogens is 1. The number of ether oxygens (including phenoxy) is 1. The number of fused-ring (bicyclic) bond motifs is 3. The Hall–Kier alpha value is -3.92. The highest BCUT2D eigenvalue weighted by atomic mass is 16.5. The molecule has 3 aromatic carbocycles. The van der Waals surface area contributed by atoms with Crippen LogP contribution in [0.3, 0.4) is 0 Å². The van der Waals surface area contributed by atoms with E-state index < -0.39 is 0 Å². The van der Waals surface area contributed by atoms with Crippen LogP contribution in [-0.2, 0) is 4.74 Å². The van der Waals surface area contributed by atoms with Crippen LogP contribution in [-0.4, -0.2) is 23.0 Å². The van der Waals surface area contributed by atoms with Crippen molar-refractivity contribution in [2.24, 2.45) is 4.99 Å². The molecule has 0 atom stereocenters. The molecule has 0 N–H and O–H groups in total. The van der Waals surface area contributed by atoms with Gasteiger partial charge >= 0.3 is 0 Å². The molecule has 4 heteroatoms. The van der Waals surface area contributed by atoms with Crippen molar-refractivity contribution >= 4 is 27.8 Å². The molecular weight excluding hydrogens is 468 g/mol. The van der Waals surface area contributed by atoms with Crippen LogP contribution in [0.5, 0.6) is 0 Å². The molecule has 0 amide bonds. The number of pyridine rings is 1. The number of rotatable bonds is 5. The van der Waals surface area contributed by atoms with Gasteiger partial charge in [-0.2, -0.15) is 0 Å². The lowest BCUT2D eigenvalue weighted by Crippen LogP contribution is -2.17. The van der Waals surface area contributed by atoms with Gasteiger partial charge in [0.2, 0.25) is 5.90 Å². The highest BCUT2D eigenvalue weighted by Crippen LogP contribution is 2.40. The molecule has 38 heavy (non-hydrogen) atoms. The van der Waals surface area contributed by atoms with Crippen LogP contribution in [0, 0.1) is 0 Å². The third-order valence-corrected chi connectivity index (χ3v) is 7.42. The van der Waals surface area contributed by atoms with E-state index in [-0.39, 0.29) is 5.54 Å². The number of aliphatic imine (C=N–C) groups is 1. The summed E-state index contributed by atoms with van der Waals surface area (Å²) >= 11 is 0. The first-order valence-corrected chi connectivity index (χ1v) is 13.5. The van der Waals surface area contributed by atoms with Crippen LogP contribution < -0.4 is 0 Å². The molecule has 4 nitrogen and oxygen atoms in total. The second-order valence-corrected chi connectivity index (χ2v) is 11.5. The highest BCUT2D eigenvalue weighted by Gasteiger charge is 2.29. The van der Waals surface area contributed by atoms with E-state index in [4.69, 9.17) is 19.1 Å². The van der Waals surface area contributed by atoms with E-state index in [0.29, 0.717) is 24.3 Å². The monoisotopic (exact) mass is 502 g/mol. The van der Waals surface area contributed by atoms with E-state index in [0.717, 1.165) is 38.8 Å². The Morgan fingerprint density at radius 1 is 0.763 bits per heavy atom. The molecule has 1 aliphatic rings. The topological polar surface area (TPSA) is 47.6 Å². The predicted octanol–water partition coefficient (Wildman–Crippen LogP) is 9.12. The van der Waals surface area contributed by atoms with Crippen molar-refractivity contribution in [3.63, 3.8) is 0 Å². The summed E-state index contributed by atoms with van der Waals surface area (Å²) in [5, 5.41) is 2.12. The minimum Gasteiger partial charge on any atom is -0.475 e. The Labute approximate surface area is 224 Å². The van der Waals surface area contributed by atoms with E-state index >= 15 is 0 Å². The molecule has 0 saturated carbocycles. The average Bonchev–Trinajstić information content (AvgIpc) is 3.47. The maximum atomic E-state index is 6.62. The molecule has 6 rings (SSSR count). The van der Waals surface area contributed by atoms with Crippen molar-refractivity contribution in [1.29, 1.82) is 0 Å². The van der Waals surface area contributed by atoms with Gasteiger partial charge in [0.25, 0.3) is 0 Å². The van der Waals surface area contributed by atoms with Crippen LogP contribution >= 0.6 is 0 Å².